The van der Waals surface area contributed by atoms with E-state index in [1.54, 1.807) is 13.0 Å². The molecular weight excluding hydrogens is 436 g/mol. The minimum atomic E-state index is -0.539. The van der Waals surface area contributed by atoms with Crippen molar-refractivity contribution in [3.63, 3.8) is 0 Å². The molecular formula is C30H26N2O3. The number of hydrogen-bond donors (Lipinski definition) is 0. The van der Waals surface area contributed by atoms with Crippen LogP contribution >= 0.6 is 0 Å². The van der Waals surface area contributed by atoms with Gasteiger partial charge in [-0.05, 0) is 60.7 Å². The minimum Gasteiger partial charge on any atom is -0.489 e. The molecule has 5 heteroatoms. The second kappa shape index (κ2) is 10.7. The number of aryl methyl sites for hydroxylation is 1. The van der Waals surface area contributed by atoms with Crippen molar-refractivity contribution in [3.05, 3.63) is 118 Å². The smallest absolute Gasteiger partial charge is 0.271 e. The molecule has 1 heterocycles. The Kier molecular flexibility index (Phi) is 7.23. The molecule has 35 heavy (non-hydrogen) atoms. The lowest BCUT2D eigenvalue weighted by atomic mass is 9.93. The van der Waals surface area contributed by atoms with E-state index >= 15 is 0 Å². The van der Waals surface area contributed by atoms with Crippen molar-refractivity contribution in [2.45, 2.75) is 26.9 Å². The minimum absolute atomic E-state index is 0.00182. The summed E-state index contributed by atoms with van der Waals surface area (Å²) < 4.78 is 5.87. The van der Waals surface area contributed by atoms with E-state index in [1.165, 1.54) is 10.5 Å². The molecule has 0 bridgehead atoms. The van der Waals surface area contributed by atoms with Crippen LogP contribution in [0.1, 0.15) is 29.2 Å². The van der Waals surface area contributed by atoms with Gasteiger partial charge in [0.25, 0.3) is 11.8 Å². The number of imide groups is 1. The van der Waals surface area contributed by atoms with Crippen LogP contribution in [0.3, 0.4) is 0 Å². The molecule has 0 atom stereocenters. The lowest BCUT2D eigenvalue weighted by molar-refractivity contribution is -0.140. The van der Waals surface area contributed by atoms with E-state index in [1.807, 2.05) is 91.9 Å². The largest absolute Gasteiger partial charge is 0.489 e. The van der Waals surface area contributed by atoms with Crippen LogP contribution in [0.25, 0.3) is 6.08 Å². The number of carbonyl (C=O) groups excluding carboxylic acids is 2. The molecule has 0 aromatic heterocycles. The number of carbonyl (C=O) groups is 2. The Bertz CT molecular complexity index is 1330. The average molecular weight is 463 g/mol. The van der Waals surface area contributed by atoms with Gasteiger partial charge in [-0.1, -0.05) is 72.3 Å². The van der Waals surface area contributed by atoms with Gasteiger partial charge in [-0.3, -0.25) is 14.5 Å². The number of ether oxygens (including phenoxy) is 1. The van der Waals surface area contributed by atoms with Crippen molar-refractivity contribution >= 4 is 17.9 Å². The molecule has 0 saturated heterocycles. The van der Waals surface area contributed by atoms with Crippen LogP contribution < -0.4 is 4.74 Å². The van der Waals surface area contributed by atoms with Crippen LogP contribution in [0.15, 0.2) is 95.6 Å². The lowest BCUT2D eigenvalue weighted by Crippen LogP contribution is -2.43. The zero-order valence-electron chi connectivity index (χ0n) is 19.8. The average Bonchev–Trinajstić information content (AvgIpc) is 2.88. The van der Waals surface area contributed by atoms with Crippen LogP contribution in [0.5, 0.6) is 5.75 Å². The summed E-state index contributed by atoms with van der Waals surface area (Å²) in [6, 6.07) is 27.2. The Hall–Kier alpha value is -4.43. The quantitative estimate of drug-likeness (QED) is 0.348. The van der Waals surface area contributed by atoms with Crippen LogP contribution in [0.2, 0.25) is 0 Å². The highest BCUT2D eigenvalue weighted by Crippen LogP contribution is 2.28. The zero-order chi connectivity index (χ0) is 24.8. The predicted molar refractivity (Wildman–Crippen MR) is 135 cm³/mol. The van der Waals surface area contributed by atoms with E-state index in [4.69, 9.17) is 4.74 Å². The van der Waals surface area contributed by atoms with Gasteiger partial charge in [0, 0.05) is 12.1 Å². The van der Waals surface area contributed by atoms with Gasteiger partial charge in [-0.25, -0.2) is 0 Å². The first-order valence-corrected chi connectivity index (χ1v) is 11.5. The topological polar surface area (TPSA) is 70.4 Å². The predicted octanol–water partition coefficient (Wildman–Crippen LogP) is 5.41. The Balaban J connectivity index is 1.51. The van der Waals surface area contributed by atoms with Crippen LogP contribution in [-0.2, 0) is 22.6 Å². The fourth-order valence-electron chi connectivity index (χ4n) is 3.90. The molecule has 0 spiro atoms. The van der Waals surface area contributed by atoms with Crippen molar-refractivity contribution in [3.8, 4) is 11.8 Å². The maximum absolute atomic E-state index is 13.3. The molecule has 0 saturated carbocycles. The van der Waals surface area contributed by atoms with Gasteiger partial charge >= 0.3 is 0 Å². The van der Waals surface area contributed by atoms with Crippen molar-refractivity contribution < 1.29 is 14.3 Å². The Morgan fingerprint density at radius 2 is 1.54 bits per heavy atom. The molecule has 4 rings (SSSR count). The fourth-order valence-corrected chi connectivity index (χ4v) is 3.90. The lowest BCUT2D eigenvalue weighted by Gasteiger charge is -2.27. The summed E-state index contributed by atoms with van der Waals surface area (Å²) in [7, 11) is 0. The molecule has 0 unspecified atom stereocenters. The third kappa shape index (κ3) is 5.56. The molecule has 5 nitrogen and oxygen atoms in total. The Labute approximate surface area is 205 Å². The number of hydrogen-bond acceptors (Lipinski definition) is 4. The van der Waals surface area contributed by atoms with Gasteiger partial charge in [0.2, 0.25) is 0 Å². The van der Waals surface area contributed by atoms with Gasteiger partial charge in [-0.15, -0.1) is 0 Å². The first-order valence-electron chi connectivity index (χ1n) is 11.5. The highest BCUT2D eigenvalue weighted by atomic mass is 16.5. The van der Waals surface area contributed by atoms with Crippen LogP contribution in [-0.4, -0.2) is 23.3 Å². The molecule has 3 aromatic carbocycles. The number of amides is 2. The first-order chi connectivity index (χ1) is 17.0. The van der Waals surface area contributed by atoms with E-state index < -0.39 is 5.91 Å². The molecule has 0 N–H and O–H groups in total. The van der Waals surface area contributed by atoms with Gasteiger partial charge in [-0.2, -0.15) is 5.26 Å². The van der Waals surface area contributed by atoms with E-state index in [0.717, 1.165) is 16.7 Å². The van der Waals surface area contributed by atoms with E-state index in [0.29, 0.717) is 29.9 Å². The van der Waals surface area contributed by atoms with E-state index in [2.05, 4.69) is 0 Å². The summed E-state index contributed by atoms with van der Waals surface area (Å²) in [6.45, 7) is 4.37. The first kappa shape index (κ1) is 23.7. The Morgan fingerprint density at radius 1 is 0.857 bits per heavy atom. The Morgan fingerprint density at radius 3 is 2.20 bits per heavy atom. The molecule has 0 fully saturated rings. The number of nitrogens with zero attached hydrogens (tertiary/aromatic N) is 2. The van der Waals surface area contributed by atoms with E-state index in [-0.39, 0.29) is 18.0 Å². The normalized spacial score (nSPS) is 14.9. The number of nitriles is 1. The molecule has 1 aliphatic heterocycles. The van der Waals surface area contributed by atoms with Gasteiger partial charge in [0.15, 0.2) is 0 Å². The molecule has 1 aliphatic rings. The summed E-state index contributed by atoms with van der Waals surface area (Å²) in [5, 5.41) is 9.60. The van der Waals surface area contributed by atoms with E-state index in [9.17, 15) is 14.9 Å². The standard InChI is InChI=1S/C30H26N2O3/c1-21-8-10-25(11-9-21)20-35-26-14-12-24(13-15-26)18-27-22(2)28(19-31)30(34)32(29(27)33)17-16-23-6-4-3-5-7-23/h3-15,18H,16-17,20H2,1-2H3/b27-18+. The highest BCUT2D eigenvalue weighted by molar-refractivity contribution is 6.19. The second-order valence-corrected chi connectivity index (χ2v) is 8.51. The summed E-state index contributed by atoms with van der Waals surface area (Å²) >= 11 is 0. The van der Waals surface area contributed by atoms with Crippen LogP contribution in [0, 0.1) is 18.3 Å². The summed E-state index contributed by atoms with van der Waals surface area (Å²) in [5.74, 6) is -0.211. The molecule has 0 aliphatic carbocycles. The number of benzene rings is 3. The van der Waals surface area contributed by atoms with Gasteiger partial charge in [0.1, 0.15) is 24.0 Å². The monoisotopic (exact) mass is 462 g/mol. The number of rotatable bonds is 7. The summed E-state index contributed by atoms with van der Waals surface area (Å²) in [6.07, 6.45) is 2.25. The van der Waals surface area contributed by atoms with Crippen molar-refractivity contribution in [2.75, 3.05) is 6.54 Å². The molecule has 0 radical (unpaired) electrons. The summed E-state index contributed by atoms with van der Waals surface area (Å²) in [4.78, 5) is 27.3. The molecule has 3 aromatic rings. The maximum atomic E-state index is 13.3. The highest BCUT2D eigenvalue weighted by Gasteiger charge is 2.35. The van der Waals surface area contributed by atoms with Gasteiger partial charge < -0.3 is 4.74 Å². The van der Waals surface area contributed by atoms with Crippen molar-refractivity contribution in [1.29, 1.82) is 5.26 Å². The third-order valence-corrected chi connectivity index (χ3v) is 6.01. The molecule has 2 amide bonds. The maximum Gasteiger partial charge on any atom is 0.271 e. The van der Waals surface area contributed by atoms with Gasteiger partial charge in [0.05, 0.1) is 0 Å². The zero-order valence-corrected chi connectivity index (χ0v) is 19.8. The van der Waals surface area contributed by atoms with Crippen molar-refractivity contribution in [2.24, 2.45) is 0 Å². The third-order valence-electron chi connectivity index (χ3n) is 6.01. The fraction of sp³-hybridized carbons (Fsp3) is 0.167. The van der Waals surface area contributed by atoms with Crippen molar-refractivity contribution in [1.82, 2.24) is 4.90 Å². The SMILES string of the molecule is CC1=C(C#N)C(=O)N(CCc2ccccc2)C(=O)/C1=C/c1ccc(OCc2ccc(C)cc2)cc1. The second-order valence-electron chi connectivity index (χ2n) is 8.51. The summed E-state index contributed by atoms with van der Waals surface area (Å²) in [5.41, 5.74) is 4.84. The van der Waals surface area contributed by atoms with Crippen LogP contribution in [0.4, 0.5) is 0 Å². The molecule has 174 valence electrons.